The molecule has 0 saturated carbocycles. The molecule has 1 aromatic carbocycles. The van der Waals surface area contributed by atoms with Crippen molar-refractivity contribution in [1.82, 2.24) is 29.6 Å². The van der Waals surface area contributed by atoms with E-state index in [0.29, 0.717) is 34.5 Å². The molecule has 6 rings (SSSR count). The Morgan fingerprint density at radius 1 is 1.05 bits per heavy atom. The number of benzene rings is 1. The summed E-state index contributed by atoms with van der Waals surface area (Å²) in [7, 11) is 1.86. The molecule has 1 saturated heterocycles. The van der Waals surface area contributed by atoms with Crippen LogP contribution in [0.1, 0.15) is 19.3 Å². The maximum atomic E-state index is 15.2. The van der Waals surface area contributed by atoms with Gasteiger partial charge in [0.15, 0.2) is 0 Å². The number of aliphatic hydroxyl groups excluding tert-OH is 1. The minimum atomic E-state index is -0.552. The second kappa shape index (κ2) is 9.91. The highest BCUT2D eigenvalue weighted by Crippen LogP contribution is 2.37. The molecule has 190 valence electrons. The van der Waals surface area contributed by atoms with Crippen molar-refractivity contribution >= 4 is 21.9 Å². The summed E-state index contributed by atoms with van der Waals surface area (Å²) in [5.41, 5.74) is 4.20. The lowest BCUT2D eigenvalue weighted by atomic mass is 10.0. The third-order valence-corrected chi connectivity index (χ3v) is 6.96. The largest absolute Gasteiger partial charge is 0.491 e. The van der Waals surface area contributed by atoms with E-state index < -0.39 is 11.9 Å². The lowest BCUT2D eigenvalue weighted by Gasteiger charge is -2.28. The van der Waals surface area contributed by atoms with Gasteiger partial charge in [0.05, 0.1) is 29.8 Å². The highest BCUT2D eigenvalue weighted by atomic mass is 19.1. The van der Waals surface area contributed by atoms with E-state index in [1.165, 1.54) is 25.5 Å². The molecule has 0 spiro atoms. The minimum Gasteiger partial charge on any atom is -0.491 e. The summed E-state index contributed by atoms with van der Waals surface area (Å²) in [6, 6.07) is 9.24. The van der Waals surface area contributed by atoms with Crippen LogP contribution in [-0.2, 0) is 7.05 Å². The number of halogens is 1. The van der Waals surface area contributed by atoms with E-state index in [4.69, 9.17) is 4.74 Å². The molecule has 1 aliphatic rings. The third-order valence-electron chi connectivity index (χ3n) is 6.96. The van der Waals surface area contributed by atoms with E-state index in [1.54, 1.807) is 17.1 Å². The summed E-state index contributed by atoms with van der Waals surface area (Å²) in [6.45, 7) is 2.90. The molecule has 37 heavy (non-hydrogen) atoms. The zero-order chi connectivity index (χ0) is 25.4. The van der Waals surface area contributed by atoms with Crippen LogP contribution in [0.3, 0.4) is 0 Å². The monoisotopic (exact) mass is 500 g/mol. The third kappa shape index (κ3) is 4.80. The smallest absolute Gasteiger partial charge is 0.150 e. The van der Waals surface area contributed by atoms with Crippen molar-refractivity contribution in [3.05, 3.63) is 60.9 Å². The Hall–Kier alpha value is -3.82. The predicted octanol–water partition coefficient (Wildman–Crippen LogP) is 4.54. The van der Waals surface area contributed by atoms with E-state index >= 15 is 4.39 Å². The Morgan fingerprint density at radius 3 is 2.62 bits per heavy atom. The molecular formula is C28H29FN6O2. The number of fused-ring (bicyclic) bond motifs is 3. The zero-order valence-electron chi connectivity index (χ0n) is 20.7. The Bertz CT molecular complexity index is 1540. The van der Waals surface area contributed by atoms with E-state index in [-0.39, 0.29) is 6.61 Å². The molecular weight excluding hydrogens is 471 g/mol. The lowest BCUT2D eigenvalue weighted by molar-refractivity contribution is 0.0617. The topological polar surface area (TPSA) is 92.1 Å². The number of nitrogens with one attached hydrogen (secondary N) is 1. The van der Waals surface area contributed by atoms with Crippen LogP contribution in [0.2, 0.25) is 0 Å². The molecule has 0 radical (unpaired) electrons. The van der Waals surface area contributed by atoms with Gasteiger partial charge in [0, 0.05) is 41.7 Å². The minimum absolute atomic E-state index is 0.219. The number of pyridine rings is 2. The van der Waals surface area contributed by atoms with Crippen molar-refractivity contribution in [3.63, 3.8) is 0 Å². The molecule has 2 N–H and O–H groups in total. The van der Waals surface area contributed by atoms with E-state index in [0.717, 1.165) is 35.2 Å². The number of β-amino-alcohol motifs (C(OH)–C–C–N with tert-alkyl or cyclic N) is 1. The molecule has 1 fully saturated rings. The number of hydrogen-bond donors (Lipinski definition) is 2. The van der Waals surface area contributed by atoms with Crippen LogP contribution >= 0.6 is 0 Å². The first-order valence-corrected chi connectivity index (χ1v) is 12.6. The number of rotatable bonds is 7. The average molecular weight is 501 g/mol. The van der Waals surface area contributed by atoms with Crippen LogP contribution in [0.25, 0.3) is 44.3 Å². The lowest BCUT2D eigenvalue weighted by Crippen LogP contribution is -2.38. The predicted molar refractivity (Wildman–Crippen MR) is 141 cm³/mol. The first-order valence-electron chi connectivity index (χ1n) is 12.6. The Morgan fingerprint density at radius 2 is 1.86 bits per heavy atom. The number of nitrogens with zero attached hydrogens (tertiary/aromatic N) is 5. The molecule has 9 heteroatoms. The van der Waals surface area contributed by atoms with Gasteiger partial charge >= 0.3 is 0 Å². The SMILES string of the molecule is Cn1cc(-c2cc3c(cn2)[nH]c2ncc(F)c(-c4ccc(OCC(O)CN5CCCCC5)cc4)c23)cn1. The molecule has 8 nitrogen and oxygen atoms in total. The Labute approximate surface area is 213 Å². The summed E-state index contributed by atoms with van der Waals surface area (Å²) in [6.07, 6.45) is 9.72. The van der Waals surface area contributed by atoms with Gasteiger partial charge in [-0.3, -0.25) is 9.67 Å². The van der Waals surface area contributed by atoms with E-state index in [9.17, 15) is 5.11 Å². The van der Waals surface area contributed by atoms with Gasteiger partial charge in [-0.2, -0.15) is 5.10 Å². The molecule has 1 unspecified atom stereocenters. The van der Waals surface area contributed by atoms with Gasteiger partial charge in [0.1, 0.15) is 29.9 Å². The number of ether oxygens (including phenoxy) is 1. The van der Waals surface area contributed by atoms with Gasteiger partial charge in [-0.05, 0) is 49.7 Å². The summed E-state index contributed by atoms with van der Waals surface area (Å²) in [5.74, 6) is 0.230. The zero-order valence-corrected chi connectivity index (χ0v) is 20.7. The average Bonchev–Trinajstić information content (AvgIpc) is 3.51. The molecule has 5 heterocycles. The first-order chi connectivity index (χ1) is 18.0. The summed E-state index contributed by atoms with van der Waals surface area (Å²) >= 11 is 0. The summed E-state index contributed by atoms with van der Waals surface area (Å²) in [5, 5.41) is 16.2. The second-order valence-electron chi connectivity index (χ2n) is 9.70. The Kier molecular flexibility index (Phi) is 6.31. The molecule has 5 aromatic rings. The maximum Gasteiger partial charge on any atom is 0.150 e. The van der Waals surface area contributed by atoms with Crippen molar-refractivity contribution in [2.24, 2.45) is 7.05 Å². The van der Waals surface area contributed by atoms with E-state index in [2.05, 4.69) is 25.0 Å². The number of aromatic amines is 1. The van der Waals surface area contributed by atoms with Crippen LogP contribution < -0.4 is 4.74 Å². The van der Waals surface area contributed by atoms with E-state index in [1.807, 2.05) is 43.6 Å². The molecule has 1 aliphatic heterocycles. The van der Waals surface area contributed by atoms with Crippen molar-refractivity contribution in [1.29, 1.82) is 0 Å². The van der Waals surface area contributed by atoms with Crippen molar-refractivity contribution in [2.45, 2.75) is 25.4 Å². The van der Waals surface area contributed by atoms with Crippen LogP contribution in [-0.4, -0.2) is 67.1 Å². The van der Waals surface area contributed by atoms with Gasteiger partial charge in [0.2, 0.25) is 0 Å². The number of aryl methyl sites for hydroxylation is 1. The molecule has 4 aromatic heterocycles. The second-order valence-corrected chi connectivity index (χ2v) is 9.70. The Balaban J connectivity index is 1.27. The van der Waals surface area contributed by atoms with Gasteiger partial charge < -0.3 is 19.7 Å². The molecule has 0 amide bonds. The van der Waals surface area contributed by atoms with Gasteiger partial charge in [-0.25, -0.2) is 9.37 Å². The fourth-order valence-electron chi connectivity index (χ4n) is 5.13. The van der Waals surface area contributed by atoms with Crippen molar-refractivity contribution in [3.8, 4) is 28.1 Å². The summed E-state index contributed by atoms with van der Waals surface area (Å²) in [4.78, 5) is 14.4. The molecule has 1 atom stereocenters. The summed E-state index contributed by atoms with van der Waals surface area (Å²) < 4.78 is 22.8. The van der Waals surface area contributed by atoms with Crippen molar-refractivity contribution in [2.75, 3.05) is 26.2 Å². The van der Waals surface area contributed by atoms with Gasteiger partial charge in [-0.15, -0.1) is 0 Å². The van der Waals surface area contributed by atoms with Crippen LogP contribution in [0.5, 0.6) is 5.75 Å². The number of aliphatic hydroxyl groups is 1. The van der Waals surface area contributed by atoms with Gasteiger partial charge in [0.25, 0.3) is 0 Å². The highest BCUT2D eigenvalue weighted by molar-refractivity contribution is 6.13. The normalized spacial score (nSPS) is 15.4. The van der Waals surface area contributed by atoms with Crippen LogP contribution in [0.4, 0.5) is 4.39 Å². The van der Waals surface area contributed by atoms with Crippen LogP contribution in [0, 0.1) is 5.82 Å². The highest BCUT2D eigenvalue weighted by Gasteiger charge is 2.18. The first kappa shape index (κ1) is 23.6. The number of piperidine rings is 1. The van der Waals surface area contributed by atoms with Crippen molar-refractivity contribution < 1.29 is 14.2 Å². The number of hydrogen-bond acceptors (Lipinski definition) is 6. The number of aromatic nitrogens is 5. The quantitative estimate of drug-likeness (QED) is 0.341. The molecule has 0 aliphatic carbocycles. The standard InChI is InChI=1S/C28H29FN6O2/c1-34-15-19(12-32-34)24-11-22-25(14-30-24)33-28-27(22)26(23(29)13-31-28)18-5-7-21(8-6-18)37-17-20(36)16-35-9-3-2-4-10-35/h5-8,11-15,20,36H,2-4,9-10,16-17H2,1H3,(H,31,33). The maximum absolute atomic E-state index is 15.2. The van der Waals surface area contributed by atoms with Crippen LogP contribution in [0.15, 0.2) is 55.1 Å². The molecule has 0 bridgehead atoms. The fraction of sp³-hybridized carbons (Fsp3) is 0.321. The number of likely N-dealkylation sites (tertiary alicyclic amines) is 1. The fourth-order valence-corrected chi connectivity index (χ4v) is 5.13. The van der Waals surface area contributed by atoms with Gasteiger partial charge in [-0.1, -0.05) is 18.6 Å². The number of H-pyrrole nitrogens is 1.